The number of nitrogens with two attached hydrogens (primary N) is 1. The number of nitrogen functional groups attached to an aromatic ring is 1. The Morgan fingerprint density at radius 1 is 1.48 bits per heavy atom. The summed E-state index contributed by atoms with van der Waals surface area (Å²) in [5, 5.41) is 9.94. The molecule has 1 saturated heterocycles. The number of aliphatic hydroxyl groups excluding tert-OH is 1. The second-order valence-electron chi connectivity index (χ2n) is 5.34. The lowest BCUT2D eigenvalue weighted by Crippen LogP contribution is -2.25. The van der Waals surface area contributed by atoms with Gasteiger partial charge in [-0.25, -0.2) is 4.57 Å². The molecule has 3 atom stereocenters. The molecule has 6 N–H and O–H groups in total. The number of phosphoric acid groups is 1. The molecule has 0 amide bonds. The molecule has 0 aromatic carbocycles. The van der Waals surface area contributed by atoms with Gasteiger partial charge in [-0.2, -0.15) is 4.98 Å². The number of rotatable bonds is 4. The molecule has 0 unspecified atom stereocenters. The topological polar surface area (TPSA) is 173 Å². The molecule has 1 fully saturated rings. The number of hydrogen-bond donors (Lipinski definition) is 5. The molecule has 138 valence electrons. The van der Waals surface area contributed by atoms with Crippen molar-refractivity contribution in [3.05, 3.63) is 20.5 Å². The zero-order valence-corrected chi connectivity index (χ0v) is 14.7. The van der Waals surface area contributed by atoms with Gasteiger partial charge in [0, 0.05) is 6.42 Å². The van der Waals surface area contributed by atoms with Crippen LogP contribution in [-0.4, -0.2) is 48.2 Å². The number of H-pyrrole nitrogens is 1. The average Bonchev–Trinajstić information content (AvgIpc) is 2.95. The van der Waals surface area contributed by atoms with E-state index in [0.717, 1.165) is 0 Å². The zero-order valence-electron chi connectivity index (χ0n) is 12.3. The van der Waals surface area contributed by atoms with Crippen molar-refractivity contribution in [2.45, 2.75) is 24.9 Å². The SMILES string of the molecule is Nc1nc2c(c(Cl)c(Cl)n2[C@H]2C[C@H](O)[C@@H](COP(=O)(O)O)O2)c(=O)[nH]1. The van der Waals surface area contributed by atoms with Crippen LogP contribution in [0.2, 0.25) is 10.2 Å². The van der Waals surface area contributed by atoms with Crippen molar-refractivity contribution in [3.8, 4) is 0 Å². The van der Waals surface area contributed by atoms with Crippen LogP contribution in [0, 0.1) is 0 Å². The van der Waals surface area contributed by atoms with Gasteiger partial charge in [0.1, 0.15) is 22.9 Å². The summed E-state index contributed by atoms with van der Waals surface area (Å²) in [5.41, 5.74) is 5.01. The van der Waals surface area contributed by atoms with Crippen LogP contribution in [-0.2, 0) is 13.8 Å². The minimum atomic E-state index is -4.71. The third-order valence-electron chi connectivity index (χ3n) is 3.66. The number of halogens is 2. The lowest BCUT2D eigenvalue weighted by molar-refractivity contribution is -0.0421. The van der Waals surface area contributed by atoms with Crippen LogP contribution in [0.4, 0.5) is 5.95 Å². The molecule has 3 rings (SSSR count). The van der Waals surface area contributed by atoms with Gasteiger partial charge >= 0.3 is 7.82 Å². The molecule has 2 aromatic heterocycles. The molecule has 14 heteroatoms. The van der Waals surface area contributed by atoms with E-state index in [1.807, 2.05) is 0 Å². The van der Waals surface area contributed by atoms with Crippen LogP contribution in [0.15, 0.2) is 4.79 Å². The van der Waals surface area contributed by atoms with E-state index in [4.69, 9.17) is 43.5 Å². The van der Waals surface area contributed by atoms with Crippen molar-refractivity contribution in [1.29, 1.82) is 0 Å². The number of fused-ring (bicyclic) bond motifs is 1. The van der Waals surface area contributed by atoms with Gasteiger partial charge in [0.05, 0.1) is 17.7 Å². The Hall–Kier alpha value is -1.17. The highest BCUT2D eigenvalue weighted by atomic mass is 35.5. The number of ether oxygens (including phenoxy) is 1. The Bertz CT molecular complexity index is 925. The van der Waals surface area contributed by atoms with E-state index >= 15 is 0 Å². The van der Waals surface area contributed by atoms with Crippen molar-refractivity contribution in [2.24, 2.45) is 0 Å². The Kier molecular flexibility index (Phi) is 4.86. The number of aliphatic hydroxyl groups is 1. The first kappa shape index (κ1) is 18.6. The Morgan fingerprint density at radius 2 is 2.16 bits per heavy atom. The average molecular weight is 415 g/mol. The molecule has 11 nitrogen and oxygen atoms in total. The van der Waals surface area contributed by atoms with E-state index in [-0.39, 0.29) is 33.6 Å². The highest BCUT2D eigenvalue weighted by molar-refractivity contribution is 7.46. The molecule has 0 spiro atoms. The molecule has 0 aliphatic carbocycles. The quantitative estimate of drug-likeness (QED) is 0.442. The fourth-order valence-electron chi connectivity index (χ4n) is 2.61. The summed E-state index contributed by atoms with van der Waals surface area (Å²) in [7, 11) is -4.71. The van der Waals surface area contributed by atoms with Crippen molar-refractivity contribution < 1.29 is 28.7 Å². The number of nitrogens with one attached hydrogen (secondary N) is 1. The Balaban J connectivity index is 1.97. The van der Waals surface area contributed by atoms with Crippen LogP contribution in [0.25, 0.3) is 11.0 Å². The number of nitrogens with zero attached hydrogens (tertiary/aromatic N) is 2. The molecule has 3 heterocycles. The van der Waals surface area contributed by atoms with Crippen molar-refractivity contribution in [3.63, 3.8) is 0 Å². The van der Waals surface area contributed by atoms with Gasteiger partial charge in [0.15, 0.2) is 5.65 Å². The van der Waals surface area contributed by atoms with Crippen molar-refractivity contribution in [1.82, 2.24) is 14.5 Å². The summed E-state index contributed by atoms with van der Waals surface area (Å²) >= 11 is 12.2. The van der Waals surface area contributed by atoms with E-state index in [9.17, 15) is 14.5 Å². The van der Waals surface area contributed by atoms with Crippen molar-refractivity contribution >= 4 is 48.0 Å². The number of hydrogen-bond acceptors (Lipinski definition) is 7. The Labute approximate surface area is 149 Å². The molecule has 1 aliphatic heterocycles. The fourth-order valence-corrected chi connectivity index (χ4v) is 3.49. The van der Waals surface area contributed by atoms with E-state index in [1.54, 1.807) is 0 Å². The first-order chi connectivity index (χ1) is 11.6. The summed E-state index contributed by atoms with van der Waals surface area (Å²) in [6.45, 7) is -0.539. The maximum absolute atomic E-state index is 12.0. The predicted octanol–water partition coefficient (Wildman–Crippen LogP) is 0.371. The van der Waals surface area contributed by atoms with Gasteiger partial charge in [-0.3, -0.25) is 18.9 Å². The number of anilines is 1. The fraction of sp³-hybridized carbons (Fsp3) is 0.455. The summed E-state index contributed by atoms with van der Waals surface area (Å²) in [6, 6.07) is 0. The minimum Gasteiger partial charge on any atom is -0.390 e. The summed E-state index contributed by atoms with van der Waals surface area (Å²) < 4.78 is 22.0. The molecule has 0 bridgehead atoms. The van der Waals surface area contributed by atoms with Gasteiger partial charge in [-0.05, 0) is 0 Å². The molecule has 0 radical (unpaired) electrons. The van der Waals surface area contributed by atoms with Crippen molar-refractivity contribution in [2.75, 3.05) is 12.3 Å². The largest absolute Gasteiger partial charge is 0.469 e. The molecule has 1 aliphatic rings. The zero-order chi connectivity index (χ0) is 18.5. The standard InChI is InChI=1S/C11H13Cl2N4O7P/c12-7-6-9(15-11(14)16-10(6)19)17(8(7)13)5-1-3(18)4(24-5)2-23-25(20,21)22/h3-5,18H,1-2H2,(H2,20,21,22)(H3,14,15,16,19)/t3-,4+,5+/m0/s1. The molecular weight excluding hydrogens is 402 g/mol. The van der Waals surface area contributed by atoms with Crippen LogP contribution in [0.5, 0.6) is 0 Å². The van der Waals surface area contributed by atoms with Crippen LogP contribution < -0.4 is 11.3 Å². The Morgan fingerprint density at radius 3 is 2.80 bits per heavy atom. The highest BCUT2D eigenvalue weighted by Gasteiger charge is 2.38. The summed E-state index contributed by atoms with van der Waals surface area (Å²) in [4.78, 5) is 35.8. The van der Waals surface area contributed by atoms with Gasteiger partial charge in [0.25, 0.3) is 5.56 Å². The number of aromatic nitrogens is 3. The molecule has 0 saturated carbocycles. The maximum atomic E-state index is 12.0. The first-order valence-electron chi connectivity index (χ1n) is 6.86. The van der Waals surface area contributed by atoms with Gasteiger partial charge in [0.2, 0.25) is 5.95 Å². The normalized spacial score (nSPS) is 24.3. The predicted molar refractivity (Wildman–Crippen MR) is 87.3 cm³/mol. The number of phosphoric ester groups is 1. The second-order valence-corrected chi connectivity index (χ2v) is 7.32. The van der Waals surface area contributed by atoms with E-state index in [2.05, 4.69) is 14.5 Å². The third-order valence-corrected chi connectivity index (χ3v) is 4.98. The number of aromatic amines is 1. The monoisotopic (exact) mass is 414 g/mol. The minimum absolute atomic E-state index is 0.00337. The smallest absolute Gasteiger partial charge is 0.390 e. The van der Waals surface area contributed by atoms with Gasteiger partial charge in [-0.1, -0.05) is 23.2 Å². The van der Waals surface area contributed by atoms with Crippen LogP contribution in [0.3, 0.4) is 0 Å². The molecular formula is C11H13Cl2N4O7P. The van der Waals surface area contributed by atoms with E-state index in [0.29, 0.717) is 0 Å². The lowest BCUT2D eigenvalue weighted by atomic mass is 10.2. The maximum Gasteiger partial charge on any atom is 0.469 e. The van der Waals surface area contributed by atoms with E-state index in [1.165, 1.54) is 4.57 Å². The van der Waals surface area contributed by atoms with Crippen LogP contribution in [0.1, 0.15) is 12.6 Å². The van der Waals surface area contributed by atoms with Gasteiger partial charge in [-0.15, -0.1) is 0 Å². The van der Waals surface area contributed by atoms with E-state index < -0.39 is 38.4 Å². The molecule has 2 aromatic rings. The third kappa shape index (κ3) is 3.55. The summed E-state index contributed by atoms with van der Waals surface area (Å²) in [5.74, 6) is -0.162. The van der Waals surface area contributed by atoms with Crippen LogP contribution >= 0.6 is 31.0 Å². The highest BCUT2D eigenvalue weighted by Crippen LogP contribution is 2.41. The summed E-state index contributed by atoms with van der Waals surface area (Å²) in [6.07, 6.45) is -3.01. The van der Waals surface area contributed by atoms with Gasteiger partial charge < -0.3 is 25.4 Å². The molecule has 25 heavy (non-hydrogen) atoms. The second kappa shape index (κ2) is 6.53. The first-order valence-corrected chi connectivity index (χ1v) is 9.15. The lowest BCUT2D eigenvalue weighted by Gasteiger charge is -2.17.